The predicted molar refractivity (Wildman–Crippen MR) is 111 cm³/mol. The molecule has 1 fully saturated rings. The van der Waals surface area contributed by atoms with Gasteiger partial charge in [0.15, 0.2) is 0 Å². The topological polar surface area (TPSA) is 77.8 Å². The Morgan fingerprint density at radius 3 is 2.89 bits per heavy atom. The Morgan fingerprint density at radius 2 is 2.19 bits per heavy atom. The van der Waals surface area contributed by atoms with Gasteiger partial charge in [-0.25, -0.2) is 0 Å². The van der Waals surface area contributed by atoms with Crippen molar-refractivity contribution in [2.45, 2.75) is 70.9 Å². The van der Waals surface area contributed by atoms with Crippen molar-refractivity contribution in [3.63, 3.8) is 0 Å². The quantitative estimate of drug-likeness (QED) is 0.301. The molecule has 1 amide bonds. The van der Waals surface area contributed by atoms with Gasteiger partial charge in [0.05, 0.1) is 12.1 Å². The number of aliphatic hydroxyl groups is 1. The number of unbranched alkanes of at least 4 members (excludes halogenated alkanes) is 1. The van der Waals surface area contributed by atoms with Crippen LogP contribution in [0.3, 0.4) is 0 Å². The third-order valence-electron chi connectivity index (χ3n) is 4.57. The first-order chi connectivity index (χ1) is 13.0. The van der Waals surface area contributed by atoms with Crippen molar-refractivity contribution in [2.24, 2.45) is 5.92 Å². The van der Waals surface area contributed by atoms with Crippen LogP contribution in [0.4, 0.5) is 0 Å². The first-order valence-electron chi connectivity index (χ1n) is 9.86. The van der Waals surface area contributed by atoms with E-state index in [9.17, 15) is 14.7 Å². The second-order valence-corrected chi connectivity index (χ2v) is 8.19. The Kier molecular flexibility index (Phi) is 12.0. The Bertz CT molecular complexity index is 552. The van der Waals surface area contributed by atoms with Crippen molar-refractivity contribution in [1.82, 2.24) is 4.90 Å². The summed E-state index contributed by atoms with van der Waals surface area (Å²) in [5.74, 6) is 7.28. The minimum atomic E-state index is -0.764. The van der Waals surface area contributed by atoms with Crippen LogP contribution < -0.4 is 0 Å². The number of thioether (sulfide) groups is 1. The Balaban J connectivity index is 2.38. The van der Waals surface area contributed by atoms with Crippen molar-refractivity contribution in [1.29, 1.82) is 0 Å². The average Bonchev–Trinajstić information content (AvgIpc) is 2.99. The molecule has 0 aromatic carbocycles. The summed E-state index contributed by atoms with van der Waals surface area (Å²) in [6, 6.07) is 0.0464. The van der Waals surface area contributed by atoms with Gasteiger partial charge in [-0.15, -0.1) is 11.8 Å². The molecule has 1 aliphatic heterocycles. The summed E-state index contributed by atoms with van der Waals surface area (Å²) in [5.41, 5.74) is 0. The maximum atomic E-state index is 12.1. The highest BCUT2D eigenvalue weighted by Gasteiger charge is 2.28. The average molecular weight is 396 g/mol. The molecule has 2 N–H and O–H groups in total. The van der Waals surface area contributed by atoms with E-state index in [0.29, 0.717) is 25.8 Å². The summed E-state index contributed by atoms with van der Waals surface area (Å²) >= 11 is 1.68. The number of carboxylic acid groups (broad SMARTS) is 1. The van der Waals surface area contributed by atoms with Gasteiger partial charge in [0.25, 0.3) is 0 Å². The molecular formula is C21H33NO4S. The minimum Gasteiger partial charge on any atom is -0.481 e. The second-order valence-electron chi connectivity index (χ2n) is 6.96. The number of hydrogen-bond donors (Lipinski definition) is 2. The van der Waals surface area contributed by atoms with Crippen LogP contribution in [-0.2, 0) is 9.59 Å². The molecule has 5 nitrogen and oxygen atoms in total. The van der Waals surface area contributed by atoms with Crippen LogP contribution in [0, 0.1) is 17.8 Å². The Morgan fingerprint density at radius 1 is 1.41 bits per heavy atom. The van der Waals surface area contributed by atoms with Crippen molar-refractivity contribution in [3.05, 3.63) is 12.2 Å². The second kappa shape index (κ2) is 13.7. The van der Waals surface area contributed by atoms with Gasteiger partial charge in [0.1, 0.15) is 0 Å². The van der Waals surface area contributed by atoms with Crippen LogP contribution in [0.15, 0.2) is 12.2 Å². The molecule has 0 radical (unpaired) electrons. The molecule has 0 aromatic rings. The van der Waals surface area contributed by atoms with E-state index in [4.69, 9.17) is 5.11 Å². The lowest BCUT2D eigenvalue weighted by Crippen LogP contribution is -2.34. The monoisotopic (exact) mass is 395 g/mol. The SMILES string of the molecule is CCCC#CC[C@H](C)[C@H](O)/C=C/[C@H]1CCC(=O)N1CCSCCCC(=O)O. The molecule has 1 heterocycles. The molecule has 0 aliphatic carbocycles. The summed E-state index contributed by atoms with van der Waals surface area (Å²) in [7, 11) is 0. The third-order valence-corrected chi connectivity index (χ3v) is 5.62. The highest BCUT2D eigenvalue weighted by Crippen LogP contribution is 2.21. The third kappa shape index (κ3) is 9.88. The molecule has 0 spiro atoms. The maximum Gasteiger partial charge on any atom is 0.303 e. The standard InChI is InChI=1S/C21H33NO4S/c1-3-4-5-6-8-17(2)19(23)12-10-18-11-13-20(24)22(18)14-16-27-15-7-9-21(25)26/h10,12,17-19,23H,3-4,7-9,11,13-16H2,1-2H3,(H,25,26)/b12-10+/t17-,18-,19+/m0/s1. The molecule has 0 unspecified atom stereocenters. The summed E-state index contributed by atoms with van der Waals surface area (Å²) in [6.45, 7) is 4.75. The number of nitrogens with zero attached hydrogens (tertiary/aromatic N) is 1. The van der Waals surface area contributed by atoms with Crippen LogP contribution in [-0.4, -0.2) is 57.2 Å². The van der Waals surface area contributed by atoms with Gasteiger partial charge in [-0.05, 0) is 30.9 Å². The van der Waals surface area contributed by atoms with Gasteiger partial charge in [-0.2, -0.15) is 11.8 Å². The summed E-state index contributed by atoms with van der Waals surface area (Å²) in [4.78, 5) is 24.5. The molecule has 0 bridgehead atoms. The Hall–Kier alpha value is -1.45. The van der Waals surface area contributed by atoms with Gasteiger partial charge >= 0.3 is 5.97 Å². The van der Waals surface area contributed by atoms with Crippen molar-refractivity contribution in [3.8, 4) is 11.8 Å². The normalized spacial score (nSPS) is 19.1. The number of likely N-dealkylation sites (tertiary alicyclic amines) is 1. The smallest absolute Gasteiger partial charge is 0.303 e. The predicted octanol–water partition coefficient (Wildman–Crippen LogP) is 3.32. The van der Waals surface area contributed by atoms with Gasteiger partial charge in [0.2, 0.25) is 5.91 Å². The summed E-state index contributed by atoms with van der Waals surface area (Å²) < 4.78 is 0. The molecule has 1 aliphatic rings. The molecule has 152 valence electrons. The van der Waals surface area contributed by atoms with Crippen molar-refractivity contribution < 1.29 is 19.8 Å². The van der Waals surface area contributed by atoms with E-state index in [2.05, 4.69) is 18.8 Å². The lowest BCUT2D eigenvalue weighted by Gasteiger charge is -2.23. The highest BCUT2D eigenvalue weighted by atomic mass is 32.2. The zero-order valence-electron chi connectivity index (χ0n) is 16.5. The summed E-state index contributed by atoms with van der Waals surface area (Å²) in [5, 5.41) is 18.9. The van der Waals surface area contributed by atoms with Gasteiger partial charge in [-0.3, -0.25) is 9.59 Å². The number of hydrogen-bond acceptors (Lipinski definition) is 4. The first-order valence-corrected chi connectivity index (χ1v) is 11.0. The van der Waals surface area contributed by atoms with Crippen LogP contribution in [0.5, 0.6) is 0 Å². The number of rotatable bonds is 12. The molecule has 6 heteroatoms. The van der Waals surface area contributed by atoms with E-state index < -0.39 is 12.1 Å². The highest BCUT2D eigenvalue weighted by molar-refractivity contribution is 7.99. The number of aliphatic hydroxyl groups excluding tert-OH is 1. The lowest BCUT2D eigenvalue weighted by molar-refractivity contribution is -0.137. The number of carboxylic acids is 1. The van der Waals surface area contributed by atoms with Gasteiger partial charge < -0.3 is 15.1 Å². The molecule has 27 heavy (non-hydrogen) atoms. The molecule has 1 saturated heterocycles. The van der Waals surface area contributed by atoms with E-state index >= 15 is 0 Å². The zero-order chi connectivity index (χ0) is 20.1. The molecule has 1 rings (SSSR count). The fraction of sp³-hybridized carbons (Fsp3) is 0.714. The van der Waals surface area contributed by atoms with Gasteiger partial charge in [-0.1, -0.05) is 26.0 Å². The fourth-order valence-electron chi connectivity index (χ4n) is 2.84. The number of carbonyl (C=O) groups is 2. The Labute approximate surface area is 167 Å². The summed E-state index contributed by atoms with van der Waals surface area (Å²) in [6.07, 6.45) is 8.02. The molecule has 0 saturated carbocycles. The van der Waals surface area contributed by atoms with E-state index in [0.717, 1.165) is 30.8 Å². The van der Waals surface area contributed by atoms with E-state index in [1.807, 2.05) is 24.0 Å². The van der Waals surface area contributed by atoms with Crippen LogP contribution in [0.25, 0.3) is 0 Å². The zero-order valence-corrected chi connectivity index (χ0v) is 17.3. The lowest BCUT2D eigenvalue weighted by atomic mass is 10.00. The van der Waals surface area contributed by atoms with Gasteiger partial charge in [0, 0.05) is 38.0 Å². The molecular weight excluding hydrogens is 362 g/mol. The van der Waals surface area contributed by atoms with Crippen LogP contribution in [0.2, 0.25) is 0 Å². The molecule has 0 aromatic heterocycles. The number of carbonyl (C=O) groups excluding carboxylic acids is 1. The fourth-order valence-corrected chi connectivity index (χ4v) is 3.71. The minimum absolute atomic E-state index is 0.0464. The van der Waals surface area contributed by atoms with Crippen molar-refractivity contribution >= 4 is 23.6 Å². The largest absolute Gasteiger partial charge is 0.481 e. The number of amides is 1. The van der Waals surface area contributed by atoms with E-state index in [1.165, 1.54) is 0 Å². The van der Waals surface area contributed by atoms with E-state index in [1.54, 1.807) is 11.8 Å². The van der Waals surface area contributed by atoms with Crippen LogP contribution >= 0.6 is 11.8 Å². The number of aliphatic carboxylic acids is 1. The van der Waals surface area contributed by atoms with E-state index in [-0.39, 0.29) is 24.3 Å². The molecule has 3 atom stereocenters. The first kappa shape index (κ1) is 23.6. The van der Waals surface area contributed by atoms with Crippen molar-refractivity contribution in [2.75, 3.05) is 18.1 Å². The van der Waals surface area contributed by atoms with Crippen LogP contribution in [0.1, 0.15) is 58.8 Å². The maximum absolute atomic E-state index is 12.1.